The molecule has 10 amide bonds. The summed E-state index contributed by atoms with van der Waals surface area (Å²) in [7, 11) is 0. The number of fused-ring (bicyclic) bond motifs is 1. The standard InChI is InChI=1S/C23H22ClF3N2O4.C22H26ClN5O3.C21H21ClFN3O3.C21H22ClN3O3.C19H20ClN3O4/c1-14-8-17(6-7-18(14)24)32-10-19(30)29-22-11-21(12-22,13-22)20(31)28-9-15-2-4-16(5-3-15)33-23(25,26)27;1-14-8-15(5-6-16(14)23)31-10-19(29)25-22-11-21(12-22,13-22)20(30)24-9-18-27-26-17-4-2-3-7-28(17)18;1-13-4-5-24-14(6-13)8-25-19(28)20-10-21(11-20,12-20)26-18(27)9-29-15-2-3-16(22)17(23)7-15;1-14-8-16(5-6-17(14)22)28-10-18(26)25-21-11-20(12-21,13-21)19(27)24-9-15-4-2-3-7-23-15;1-12-6-13(2-3-15(12)20)26-8-16(24)23-19-9-18(10-19,11-19)17(25)21-7-14-4-5-22-27-14/h2-8H,9-13H2,1H3,(H,28,31)(H,29,30);5-6,8H,2-4,7,9-13H2,1H3,(H,24,30)(H,25,29);2-7H,8-12H2,1H3,(H,25,28)(H,26,27);2-8H,9-13H2,1H3,(H,24,27)(H,25,26);2-6H,7-11H2,1H3,(H,21,25)(H,23,24). The molecule has 6 aromatic carbocycles. The molecule has 26 rings (SSSR count). The van der Waals surface area contributed by atoms with E-state index >= 15 is 0 Å². The Balaban J connectivity index is 0.000000126. The van der Waals surface area contributed by atoms with Gasteiger partial charge < -0.3 is 90.7 Å². The van der Waals surface area contributed by atoms with Crippen molar-refractivity contribution in [2.24, 2.45) is 27.1 Å². The van der Waals surface area contributed by atoms with E-state index in [0.29, 0.717) is 177 Å². The maximum absolute atomic E-state index is 13.4. The fourth-order valence-corrected chi connectivity index (χ4v) is 22.8. The normalized spacial score (nSPS) is 24.4. The maximum Gasteiger partial charge on any atom is 0.573 e. The zero-order valence-electron chi connectivity index (χ0n) is 81.7. The van der Waals surface area contributed by atoms with Crippen LogP contribution in [-0.4, -0.2) is 156 Å². The Morgan fingerprint density at radius 3 is 1.07 bits per heavy atom. The quantitative estimate of drug-likeness (QED) is 0.0163. The van der Waals surface area contributed by atoms with Gasteiger partial charge in [0.1, 0.15) is 46.1 Å². The van der Waals surface area contributed by atoms with Crippen LogP contribution in [0, 0.1) is 67.5 Å². The van der Waals surface area contributed by atoms with Crippen LogP contribution in [0.3, 0.4) is 0 Å². The van der Waals surface area contributed by atoms with Crippen LogP contribution in [0.15, 0.2) is 175 Å². The van der Waals surface area contributed by atoms with Gasteiger partial charge in [-0.05, 0) is 298 Å². The Morgan fingerprint density at radius 1 is 0.372 bits per heavy atom. The summed E-state index contributed by atoms with van der Waals surface area (Å²) in [4.78, 5) is 132. The number of amides is 10. The minimum absolute atomic E-state index is 0.00239. The first-order valence-corrected chi connectivity index (χ1v) is 50.4. The molecule has 15 fully saturated rings. The van der Waals surface area contributed by atoms with Crippen LogP contribution in [0.5, 0.6) is 34.5 Å². The zero-order valence-corrected chi connectivity index (χ0v) is 85.5. The molecule has 10 bridgehead atoms. The number of hydrogen-bond donors (Lipinski definition) is 10. The van der Waals surface area contributed by atoms with E-state index in [1.165, 1.54) is 36.4 Å². The lowest BCUT2D eigenvalue weighted by atomic mass is 9.39. The third kappa shape index (κ3) is 24.4. The number of aromatic nitrogens is 6. The fraction of sp³-hybridized carbons (Fsp3) is 0.425. The first-order chi connectivity index (χ1) is 70.4. The SMILES string of the molecule is Cc1cc(OCC(=O)NC23CC(C(=O)NCc4ccc(OC(F)(F)F)cc4)(C2)C3)ccc1Cl.Cc1cc(OCC(=O)NC23CC(C(=O)NCc4ccccn4)(C2)C3)ccc1Cl.Cc1cc(OCC(=O)NC23CC(C(=O)NCc4ccno4)(C2)C3)ccc1Cl.Cc1cc(OCC(=O)NC23CC(C(=O)NCc4nnc5n4CCCC5)(C2)C3)ccc1Cl.Cc1ccnc(CNC(=O)C23CC(NC(=O)COc4ccc(Cl)c(F)c4)(C2)C3)c1. The molecule has 15 saturated carbocycles. The summed E-state index contributed by atoms with van der Waals surface area (Å²) in [5.41, 5.74) is 3.54. The van der Waals surface area contributed by atoms with Gasteiger partial charge in [-0.1, -0.05) is 81.4 Å². The molecule has 1 aliphatic heterocycles. The van der Waals surface area contributed by atoms with Crippen molar-refractivity contribution in [3.05, 3.63) is 263 Å². The summed E-state index contributed by atoms with van der Waals surface area (Å²) in [5.74, 6) is 3.07. The molecular formula is C106H111Cl5F4N16O17. The second-order valence-electron chi connectivity index (χ2n) is 41.2. The Bertz CT molecular complexity index is 6640. The number of ether oxygens (including phenoxy) is 6. The number of rotatable bonds is 36. The number of benzene rings is 6. The van der Waals surface area contributed by atoms with Crippen molar-refractivity contribution in [1.29, 1.82) is 0 Å². The van der Waals surface area contributed by atoms with Crippen LogP contribution in [0.25, 0.3) is 0 Å². The van der Waals surface area contributed by atoms with Crippen LogP contribution < -0.4 is 81.6 Å². The third-order valence-electron chi connectivity index (χ3n) is 29.3. The Kier molecular flexibility index (Phi) is 30.8. The van der Waals surface area contributed by atoms with Gasteiger partial charge in [-0.2, -0.15) is 0 Å². The number of nitrogens with zero attached hydrogens (tertiary/aromatic N) is 6. The molecule has 16 aliphatic rings. The molecular weight excluding hydrogens is 2020 g/mol. The van der Waals surface area contributed by atoms with E-state index in [-0.39, 0.29) is 159 Å². The molecule has 0 radical (unpaired) electrons. The van der Waals surface area contributed by atoms with Gasteiger partial charge in [-0.3, -0.25) is 57.9 Å². The first kappa shape index (κ1) is 106. The largest absolute Gasteiger partial charge is 0.573 e. The lowest BCUT2D eigenvalue weighted by Crippen LogP contribution is -2.78. The smallest absolute Gasteiger partial charge is 0.484 e. The number of halogens is 9. The summed E-state index contributed by atoms with van der Waals surface area (Å²) in [5, 5.41) is 44.3. The molecule has 0 unspecified atom stereocenters. The van der Waals surface area contributed by atoms with Crippen molar-refractivity contribution >= 4 is 117 Å². The number of aryl methyl sites for hydroxylation is 6. The van der Waals surface area contributed by atoms with Crippen LogP contribution in [-0.2, 0) is 93.6 Å². The van der Waals surface area contributed by atoms with Crippen LogP contribution in [0.2, 0.25) is 25.1 Å². The Morgan fingerprint density at radius 2 is 0.723 bits per heavy atom. The van der Waals surface area contributed by atoms with Gasteiger partial charge in [-0.25, -0.2) is 4.39 Å². The Labute approximate surface area is 874 Å². The Hall–Kier alpha value is -13.4. The topological polar surface area (TPSA) is 429 Å². The van der Waals surface area contributed by atoms with E-state index in [2.05, 4.69) is 87.8 Å². The second kappa shape index (κ2) is 43.1. The van der Waals surface area contributed by atoms with Gasteiger partial charge in [0.05, 0.1) is 75.9 Å². The molecule has 42 heteroatoms. The van der Waals surface area contributed by atoms with Crippen molar-refractivity contribution in [3.8, 4) is 34.5 Å². The van der Waals surface area contributed by atoms with Crippen LogP contribution in [0.4, 0.5) is 17.6 Å². The molecule has 780 valence electrons. The van der Waals surface area contributed by atoms with Crippen molar-refractivity contribution < 1.29 is 98.5 Å². The van der Waals surface area contributed by atoms with E-state index in [4.69, 9.17) is 86.2 Å². The maximum atomic E-state index is 13.4. The highest BCUT2D eigenvalue weighted by molar-refractivity contribution is 6.32. The van der Waals surface area contributed by atoms with Crippen molar-refractivity contribution in [3.63, 3.8) is 0 Å². The second-order valence-corrected chi connectivity index (χ2v) is 43.3. The van der Waals surface area contributed by atoms with E-state index < -0.39 is 23.0 Å². The van der Waals surface area contributed by atoms with Gasteiger partial charge in [-0.15, -0.1) is 23.4 Å². The molecule has 5 heterocycles. The molecule has 33 nitrogen and oxygen atoms in total. The molecule has 148 heavy (non-hydrogen) atoms. The number of carbonyl (C=O) groups is 10. The van der Waals surface area contributed by atoms with Crippen LogP contribution >= 0.6 is 58.0 Å². The summed E-state index contributed by atoms with van der Waals surface area (Å²) in [6, 6.07) is 41.6. The van der Waals surface area contributed by atoms with Gasteiger partial charge >= 0.3 is 6.36 Å². The first-order valence-electron chi connectivity index (χ1n) is 48.5. The predicted molar refractivity (Wildman–Crippen MR) is 534 cm³/mol. The van der Waals surface area contributed by atoms with Gasteiger partial charge in [0.25, 0.3) is 29.5 Å². The average molecular weight is 2130 g/mol. The van der Waals surface area contributed by atoms with E-state index in [9.17, 15) is 65.5 Å². The van der Waals surface area contributed by atoms with Gasteiger partial charge in [0.15, 0.2) is 44.6 Å². The number of carbonyl (C=O) groups excluding carboxylic acids is 10. The highest BCUT2D eigenvalue weighted by atomic mass is 35.5. The summed E-state index contributed by atoms with van der Waals surface area (Å²) < 4.78 is 88.4. The molecule has 15 aliphatic carbocycles. The molecule has 0 atom stereocenters. The molecule has 10 N–H and O–H groups in total. The zero-order chi connectivity index (χ0) is 105. The van der Waals surface area contributed by atoms with Crippen molar-refractivity contribution in [2.75, 3.05) is 33.0 Å². The predicted octanol–water partition coefficient (Wildman–Crippen LogP) is 14.7. The summed E-state index contributed by atoms with van der Waals surface area (Å²) >= 11 is 29.6. The van der Waals surface area contributed by atoms with Gasteiger partial charge in [0.2, 0.25) is 29.5 Å². The van der Waals surface area contributed by atoms with Crippen LogP contribution in [0.1, 0.15) is 171 Å². The average Bonchev–Trinajstić information content (AvgIpc) is 0.769. The lowest BCUT2D eigenvalue weighted by Gasteiger charge is -2.69. The monoisotopic (exact) mass is 2130 g/mol. The number of alkyl halides is 3. The number of nitrogens with one attached hydrogen (secondary N) is 10. The highest BCUT2D eigenvalue weighted by Gasteiger charge is 2.76. The van der Waals surface area contributed by atoms with E-state index in [1.54, 1.807) is 91.4 Å². The van der Waals surface area contributed by atoms with E-state index in [0.717, 1.165) is 82.7 Å². The fourth-order valence-electron chi connectivity index (χ4n) is 22.2. The minimum Gasteiger partial charge on any atom is -0.484 e. The molecule has 0 saturated heterocycles. The number of pyridine rings is 2. The molecule has 4 aromatic heterocycles. The molecule has 0 spiro atoms. The lowest BCUT2D eigenvalue weighted by molar-refractivity contribution is -0.274. The number of hydrogen-bond acceptors (Lipinski definition) is 22. The van der Waals surface area contributed by atoms with Crippen molar-refractivity contribution in [2.45, 2.75) is 224 Å². The highest BCUT2D eigenvalue weighted by Crippen LogP contribution is 2.71. The van der Waals surface area contributed by atoms with E-state index in [1.807, 2.05) is 71.0 Å². The van der Waals surface area contributed by atoms with Gasteiger partial charge in [0, 0.05) is 91.8 Å². The summed E-state index contributed by atoms with van der Waals surface area (Å²) in [6.45, 7) is 11.6. The molecule has 10 aromatic rings. The van der Waals surface area contributed by atoms with Crippen molar-refractivity contribution in [1.82, 2.24) is 83.1 Å². The summed E-state index contributed by atoms with van der Waals surface area (Å²) in [6.07, 6.45) is 13.0. The third-order valence-corrected chi connectivity index (χ3v) is 31.3. The minimum atomic E-state index is -4.74.